The second-order valence-electron chi connectivity index (χ2n) is 2.60. The van der Waals surface area contributed by atoms with Crippen LogP contribution in [0.15, 0.2) is 0 Å². The highest BCUT2D eigenvalue weighted by Gasteiger charge is 2.18. The Morgan fingerprint density at radius 3 is 2.64 bits per heavy atom. The van der Waals surface area contributed by atoms with Crippen molar-refractivity contribution in [1.82, 2.24) is 0 Å². The van der Waals surface area contributed by atoms with Gasteiger partial charge >= 0.3 is 10.8 Å². The van der Waals surface area contributed by atoms with Gasteiger partial charge in [-0.05, 0) is 18.8 Å². The van der Waals surface area contributed by atoms with Crippen molar-refractivity contribution in [2.45, 2.75) is 31.0 Å². The lowest BCUT2D eigenvalue weighted by Gasteiger charge is -1.99. The first kappa shape index (κ1) is 13.4. The summed E-state index contributed by atoms with van der Waals surface area (Å²) in [6.45, 7) is 1.65. The van der Waals surface area contributed by atoms with Crippen LogP contribution in [0.25, 0.3) is 0 Å². The van der Waals surface area contributed by atoms with Gasteiger partial charge in [0.1, 0.15) is 0 Å². The first-order valence-corrected chi connectivity index (χ1v) is 4.91. The number of ether oxygens (including phenoxy) is 1. The van der Waals surface area contributed by atoms with Crippen molar-refractivity contribution in [2.24, 2.45) is 0 Å². The fourth-order valence-corrected chi connectivity index (χ4v) is 0.834. The van der Waals surface area contributed by atoms with Crippen LogP contribution in [0.3, 0.4) is 0 Å². The van der Waals surface area contributed by atoms with E-state index in [-0.39, 0.29) is 5.97 Å². The first-order valence-electron chi connectivity index (χ1n) is 4.12. The summed E-state index contributed by atoms with van der Waals surface area (Å²) in [5, 5.41) is 0. The monoisotopic (exact) mass is 268 g/mol. The van der Waals surface area contributed by atoms with E-state index in [1.807, 2.05) is 0 Å². The van der Waals surface area contributed by atoms with Gasteiger partial charge in [-0.2, -0.15) is 8.78 Å². The Labute approximate surface area is 90.1 Å². The van der Waals surface area contributed by atoms with E-state index in [4.69, 9.17) is 0 Å². The predicted molar refractivity (Wildman–Crippen MR) is 52.1 cm³/mol. The molecular weight excluding hydrogens is 258 g/mol. The maximum atomic E-state index is 12.1. The van der Waals surface area contributed by atoms with Crippen molar-refractivity contribution >= 4 is 21.9 Å². The molecule has 0 N–H and O–H groups in total. The second-order valence-corrected chi connectivity index (χ2v) is 3.59. The molecule has 0 saturated carbocycles. The lowest BCUT2D eigenvalue weighted by molar-refractivity contribution is -0.141. The zero-order chi connectivity index (χ0) is 11.0. The van der Waals surface area contributed by atoms with Crippen molar-refractivity contribution in [2.75, 3.05) is 6.61 Å². The molecule has 0 amide bonds. The minimum Gasteiger partial charge on any atom is -0.466 e. The van der Waals surface area contributed by atoms with Crippen LogP contribution in [0.4, 0.5) is 8.78 Å². The highest BCUT2D eigenvalue weighted by molar-refractivity contribution is 9.10. The lowest BCUT2D eigenvalue weighted by atomic mass is 10.2. The van der Waals surface area contributed by atoms with E-state index < -0.39 is 4.83 Å². The number of hydrogen-bond donors (Lipinski definition) is 0. The molecule has 5 heteroatoms. The third-order valence-electron chi connectivity index (χ3n) is 1.23. The van der Waals surface area contributed by atoms with Crippen LogP contribution in [-0.4, -0.2) is 17.4 Å². The van der Waals surface area contributed by atoms with E-state index in [2.05, 4.69) is 26.6 Å². The molecule has 0 atom stereocenters. The Balaban J connectivity index is 3.37. The highest BCUT2D eigenvalue weighted by Crippen LogP contribution is 2.19. The van der Waals surface area contributed by atoms with Crippen LogP contribution < -0.4 is 0 Å². The molecule has 80 valence electrons. The summed E-state index contributed by atoms with van der Waals surface area (Å²) >= 11 is 2.10. The van der Waals surface area contributed by atoms with Crippen molar-refractivity contribution < 1.29 is 18.3 Å². The molecule has 0 radical (unpaired) electrons. The normalized spacial score (nSPS) is 10.3. The summed E-state index contributed by atoms with van der Waals surface area (Å²) in [5.74, 6) is 3.74. The number of unbranched alkanes of at least 4 members (excludes halogenated alkanes) is 2. The van der Waals surface area contributed by atoms with Gasteiger partial charge in [-0.3, -0.25) is 4.79 Å². The molecule has 0 aliphatic carbocycles. The van der Waals surface area contributed by atoms with Crippen LogP contribution in [0.2, 0.25) is 0 Å². The van der Waals surface area contributed by atoms with Gasteiger partial charge in [0, 0.05) is 29.3 Å². The molecule has 0 aromatic heterocycles. The Bertz CT molecular complexity index is 237. The SMILES string of the molecule is CC(=O)OCCCCC#CC(F)(F)Br. The van der Waals surface area contributed by atoms with Gasteiger partial charge in [0.15, 0.2) is 0 Å². The van der Waals surface area contributed by atoms with Gasteiger partial charge in [0.25, 0.3) is 0 Å². The third kappa shape index (κ3) is 11.4. The summed E-state index contributed by atoms with van der Waals surface area (Å²) in [6, 6.07) is 0. The Morgan fingerprint density at radius 2 is 2.14 bits per heavy atom. The molecule has 0 aliphatic heterocycles. The number of carbonyl (C=O) groups is 1. The molecule has 14 heavy (non-hydrogen) atoms. The van der Waals surface area contributed by atoms with Crippen molar-refractivity contribution in [3.8, 4) is 11.8 Å². The van der Waals surface area contributed by atoms with Crippen LogP contribution in [0.1, 0.15) is 26.2 Å². The van der Waals surface area contributed by atoms with E-state index in [9.17, 15) is 13.6 Å². The molecule has 0 bridgehead atoms. The Morgan fingerprint density at radius 1 is 1.50 bits per heavy atom. The van der Waals surface area contributed by atoms with Gasteiger partial charge in [-0.15, -0.1) is 0 Å². The molecule has 0 aromatic carbocycles. The largest absolute Gasteiger partial charge is 0.466 e. The maximum absolute atomic E-state index is 12.1. The highest BCUT2D eigenvalue weighted by atomic mass is 79.9. The quantitative estimate of drug-likeness (QED) is 0.339. The molecule has 0 fully saturated rings. The van der Waals surface area contributed by atoms with E-state index in [1.165, 1.54) is 6.92 Å². The number of halogens is 3. The third-order valence-corrected chi connectivity index (χ3v) is 1.43. The van der Waals surface area contributed by atoms with E-state index in [0.717, 1.165) is 0 Å². The molecule has 0 unspecified atom stereocenters. The average Bonchev–Trinajstić information content (AvgIpc) is 2.00. The summed E-state index contributed by atoms with van der Waals surface area (Å²) < 4.78 is 28.8. The van der Waals surface area contributed by atoms with Gasteiger partial charge < -0.3 is 4.74 Å². The molecule has 0 aliphatic rings. The Kier molecular flexibility index (Phi) is 6.46. The number of carbonyl (C=O) groups excluding carboxylic acids is 1. The number of rotatable bonds is 4. The van der Waals surface area contributed by atoms with Gasteiger partial charge in [-0.1, -0.05) is 5.92 Å². The number of hydrogen-bond acceptors (Lipinski definition) is 2. The van der Waals surface area contributed by atoms with Gasteiger partial charge in [0.2, 0.25) is 0 Å². The zero-order valence-electron chi connectivity index (χ0n) is 7.78. The van der Waals surface area contributed by atoms with Gasteiger partial charge in [0.05, 0.1) is 6.61 Å². The standard InChI is InChI=1S/C9H11BrF2O2/c1-8(13)14-7-5-3-2-4-6-9(10,11)12/h2-3,5,7H2,1H3. The topological polar surface area (TPSA) is 26.3 Å². The van der Waals surface area contributed by atoms with Crippen LogP contribution in [0.5, 0.6) is 0 Å². The van der Waals surface area contributed by atoms with Crippen molar-refractivity contribution in [3.63, 3.8) is 0 Å². The first-order chi connectivity index (χ1) is 6.42. The molecular formula is C9H11BrF2O2. The van der Waals surface area contributed by atoms with Crippen LogP contribution in [-0.2, 0) is 9.53 Å². The van der Waals surface area contributed by atoms with Gasteiger partial charge in [-0.25, -0.2) is 0 Å². The molecule has 0 aromatic rings. The maximum Gasteiger partial charge on any atom is 0.363 e. The van der Waals surface area contributed by atoms with E-state index in [0.29, 0.717) is 25.9 Å². The molecule has 2 nitrogen and oxygen atoms in total. The van der Waals surface area contributed by atoms with Crippen LogP contribution in [0, 0.1) is 11.8 Å². The second kappa shape index (κ2) is 6.77. The predicted octanol–water partition coefficient (Wildman–Crippen LogP) is 2.71. The summed E-state index contributed by atoms with van der Waals surface area (Å²) in [5.41, 5.74) is 0. The van der Waals surface area contributed by atoms with Crippen LogP contribution >= 0.6 is 15.9 Å². The Hall–Kier alpha value is -0.630. The molecule has 0 spiro atoms. The molecule has 0 rings (SSSR count). The fraction of sp³-hybridized carbons (Fsp3) is 0.667. The summed E-state index contributed by atoms with van der Waals surface area (Å²) in [7, 11) is 0. The fourth-order valence-electron chi connectivity index (χ4n) is 0.694. The number of alkyl halides is 3. The smallest absolute Gasteiger partial charge is 0.363 e. The zero-order valence-corrected chi connectivity index (χ0v) is 9.36. The summed E-state index contributed by atoms with van der Waals surface area (Å²) in [6.07, 6.45) is 1.66. The molecule has 0 heterocycles. The van der Waals surface area contributed by atoms with E-state index in [1.54, 1.807) is 5.92 Å². The minimum atomic E-state index is -3.09. The average molecular weight is 269 g/mol. The van der Waals surface area contributed by atoms with Crippen molar-refractivity contribution in [1.29, 1.82) is 0 Å². The van der Waals surface area contributed by atoms with Crippen molar-refractivity contribution in [3.05, 3.63) is 0 Å². The number of esters is 1. The summed E-state index contributed by atoms with van der Waals surface area (Å²) in [4.78, 5) is 7.21. The lowest BCUT2D eigenvalue weighted by Crippen LogP contribution is -2.00. The minimum absolute atomic E-state index is 0.321. The molecule has 0 saturated heterocycles. The van der Waals surface area contributed by atoms with E-state index >= 15 is 0 Å².